The van der Waals surface area contributed by atoms with Crippen LogP contribution in [0.2, 0.25) is 0 Å². The first kappa shape index (κ1) is 16.9. The molecular weight excluding hydrogens is 272 g/mol. The van der Waals surface area contributed by atoms with Crippen LogP contribution in [0.5, 0.6) is 0 Å². The van der Waals surface area contributed by atoms with E-state index in [1.807, 2.05) is 6.92 Å². The van der Waals surface area contributed by atoms with Gasteiger partial charge in [0.15, 0.2) is 5.78 Å². The van der Waals surface area contributed by atoms with Crippen LogP contribution in [0.25, 0.3) is 0 Å². The average molecular weight is 292 g/mol. The number of ketones is 1. The molecule has 0 spiro atoms. The number of benzene rings is 1. The van der Waals surface area contributed by atoms with Crippen molar-refractivity contribution in [1.29, 1.82) is 0 Å². The van der Waals surface area contributed by atoms with Gasteiger partial charge in [0.2, 0.25) is 5.92 Å². The first-order valence-electron chi connectivity index (χ1n) is 6.90. The molecule has 0 aromatic heterocycles. The molecule has 0 fully saturated rings. The van der Waals surface area contributed by atoms with E-state index in [0.29, 0.717) is 12.0 Å². The third-order valence-corrected chi connectivity index (χ3v) is 3.39. The van der Waals surface area contributed by atoms with E-state index in [4.69, 9.17) is 4.74 Å². The van der Waals surface area contributed by atoms with Gasteiger partial charge in [-0.05, 0) is 18.9 Å². The number of aliphatic carboxylic acids is 1. The smallest absolute Gasteiger partial charge is 0.328 e. The zero-order valence-corrected chi connectivity index (χ0v) is 12.4. The maximum atomic E-state index is 12.3. The molecule has 5 nitrogen and oxygen atoms in total. The Morgan fingerprint density at radius 1 is 1.14 bits per heavy atom. The largest absolute Gasteiger partial charge is 0.480 e. The summed E-state index contributed by atoms with van der Waals surface area (Å²) in [6.07, 6.45) is 0.139. The van der Waals surface area contributed by atoms with Crippen molar-refractivity contribution in [3.8, 4) is 0 Å². The molecule has 0 aliphatic heterocycles. The van der Waals surface area contributed by atoms with Crippen LogP contribution in [0, 0.1) is 5.92 Å². The third kappa shape index (κ3) is 4.41. The number of Topliss-reactive ketones (excluding diaryl/α,β-unsaturated/α-hetero) is 1. The molecule has 3 unspecified atom stereocenters. The SMILES string of the molecule is CCC(C)OC(=O)C(C(=O)O)C(=O)C(C)c1ccccc1. The molecule has 1 rings (SSSR count). The normalized spacial score (nSPS) is 14.8. The summed E-state index contributed by atoms with van der Waals surface area (Å²) in [5.74, 6) is -5.60. The standard InChI is InChI=1S/C16H20O5/c1-4-10(2)21-16(20)13(15(18)19)14(17)11(3)12-8-6-5-7-9-12/h5-11,13H,4H2,1-3H3,(H,18,19). The van der Waals surface area contributed by atoms with Crippen molar-refractivity contribution in [3.63, 3.8) is 0 Å². The Morgan fingerprint density at radius 3 is 2.19 bits per heavy atom. The molecule has 0 aliphatic rings. The minimum absolute atomic E-state index is 0.417. The Hall–Kier alpha value is -2.17. The maximum absolute atomic E-state index is 12.3. The summed E-state index contributed by atoms with van der Waals surface area (Å²) in [5, 5.41) is 9.17. The van der Waals surface area contributed by atoms with Crippen LogP contribution in [-0.2, 0) is 19.1 Å². The Morgan fingerprint density at radius 2 is 1.71 bits per heavy atom. The van der Waals surface area contributed by atoms with Crippen molar-refractivity contribution in [2.24, 2.45) is 5.92 Å². The molecule has 1 N–H and O–H groups in total. The number of carboxylic acids is 1. The lowest BCUT2D eigenvalue weighted by atomic mass is 9.88. The van der Waals surface area contributed by atoms with Gasteiger partial charge in [-0.2, -0.15) is 0 Å². The van der Waals surface area contributed by atoms with Gasteiger partial charge in [-0.25, -0.2) is 0 Å². The Labute approximate surface area is 123 Å². The lowest BCUT2D eigenvalue weighted by molar-refractivity contribution is -0.164. The monoisotopic (exact) mass is 292 g/mol. The molecule has 5 heteroatoms. The minimum Gasteiger partial charge on any atom is -0.480 e. The number of carbonyl (C=O) groups is 3. The number of carboxylic acid groups (broad SMARTS) is 1. The van der Waals surface area contributed by atoms with E-state index < -0.39 is 35.7 Å². The topological polar surface area (TPSA) is 80.7 Å². The summed E-state index contributed by atoms with van der Waals surface area (Å²) in [4.78, 5) is 35.5. The van der Waals surface area contributed by atoms with Gasteiger partial charge in [0, 0.05) is 5.92 Å². The number of carbonyl (C=O) groups excluding carboxylic acids is 2. The molecule has 21 heavy (non-hydrogen) atoms. The quantitative estimate of drug-likeness (QED) is 0.616. The summed E-state index contributed by atoms with van der Waals surface area (Å²) in [6.45, 7) is 5.05. The van der Waals surface area contributed by atoms with E-state index in [1.54, 1.807) is 44.2 Å². The minimum atomic E-state index is -1.78. The Balaban J connectivity index is 2.93. The summed E-state index contributed by atoms with van der Waals surface area (Å²) < 4.78 is 4.99. The highest BCUT2D eigenvalue weighted by atomic mass is 16.5. The van der Waals surface area contributed by atoms with Crippen LogP contribution >= 0.6 is 0 Å². The van der Waals surface area contributed by atoms with Gasteiger partial charge in [-0.1, -0.05) is 44.2 Å². The van der Waals surface area contributed by atoms with Crippen LogP contribution in [0.4, 0.5) is 0 Å². The van der Waals surface area contributed by atoms with Crippen molar-refractivity contribution in [3.05, 3.63) is 35.9 Å². The van der Waals surface area contributed by atoms with E-state index in [-0.39, 0.29) is 0 Å². The summed E-state index contributed by atoms with van der Waals surface area (Å²) in [5.41, 5.74) is 0.671. The van der Waals surface area contributed by atoms with Crippen LogP contribution in [0.1, 0.15) is 38.7 Å². The second-order valence-corrected chi connectivity index (χ2v) is 4.96. The second kappa shape index (κ2) is 7.57. The van der Waals surface area contributed by atoms with Crippen molar-refractivity contribution < 1.29 is 24.2 Å². The molecule has 0 saturated carbocycles. The lowest BCUT2D eigenvalue weighted by Crippen LogP contribution is -2.37. The van der Waals surface area contributed by atoms with Crippen LogP contribution < -0.4 is 0 Å². The highest BCUT2D eigenvalue weighted by Crippen LogP contribution is 2.21. The fourth-order valence-corrected chi connectivity index (χ4v) is 1.84. The molecular formula is C16H20O5. The van der Waals surface area contributed by atoms with Crippen molar-refractivity contribution in [1.82, 2.24) is 0 Å². The summed E-state index contributed by atoms with van der Waals surface area (Å²) >= 11 is 0. The number of hydrogen-bond acceptors (Lipinski definition) is 4. The van der Waals surface area contributed by atoms with E-state index in [0.717, 1.165) is 0 Å². The van der Waals surface area contributed by atoms with Crippen LogP contribution in [-0.4, -0.2) is 28.9 Å². The molecule has 114 valence electrons. The molecule has 1 aromatic rings. The lowest BCUT2D eigenvalue weighted by Gasteiger charge is -2.18. The van der Waals surface area contributed by atoms with Gasteiger partial charge >= 0.3 is 11.9 Å². The van der Waals surface area contributed by atoms with Gasteiger partial charge in [-0.15, -0.1) is 0 Å². The van der Waals surface area contributed by atoms with E-state index in [2.05, 4.69) is 0 Å². The highest BCUT2D eigenvalue weighted by molar-refractivity contribution is 6.16. The van der Waals surface area contributed by atoms with Crippen LogP contribution in [0.3, 0.4) is 0 Å². The van der Waals surface area contributed by atoms with Gasteiger partial charge in [0.25, 0.3) is 0 Å². The molecule has 1 aromatic carbocycles. The van der Waals surface area contributed by atoms with Gasteiger partial charge < -0.3 is 9.84 Å². The molecule has 0 aliphatic carbocycles. The number of esters is 1. The fourth-order valence-electron chi connectivity index (χ4n) is 1.84. The van der Waals surface area contributed by atoms with Gasteiger partial charge in [0.05, 0.1) is 6.10 Å². The fraction of sp³-hybridized carbons (Fsp3) is 0.438. The maximum Gasteiger partial charge on any atom is 0.328 e. The van der Waals surface area contributed by atoms with Gasteiger partial charge in [-0.3, -0.25) is 14.4 Å². The number of hydrogen-bond donors (Lipinski definition) is 1. The summed E-state index contributed by atoms with van der Waals surface area (Å²) in [6, 6.07) is 8.76. The zero-order chi connectivity index (χ0) is 16.0. The summed E-state index contributed by atoms with van der Waals surface area (Å²) in [7, 11) is 0. The molecule has 0 saturated heterocycles. The third-order valence-electron chi connectivity index (χ3n) is 3.39. The van der Waals surface area contributed by atoms with Crippen molar-refractivity contribution >= 4 is 17.7 Å². The Kier molecular flexibility index (Phi) is 6.09. The zero-order valence-electron chi connectivity index (χ0n) is 12.4. The average Bonchev–Trinajstić information content (AvgIpc) is 2.46. The predicted molar refractivity (Wildman–Crippen MR) is 76.8 cm³/mol. The Bertz CT molecular complexity index is 509. The number of rotatable bonds is 7. The molecule has 0 heterocycles. The first-order valence-corrected chi connectivity index (χ1v) is 6.90. The predicted octanol–water partition coefficient (Wildman–Crippen LogP) is 2.40. The van der Waals surface area contributed by atoms with Crippen LogP contribution in [0.15, 0.2) is 30.3 Å². The van der Waals surface area contributed by atoms with Crippen molar-refractivity contribution in [2.75, 3.05) is 0 Å². The molecule has 0 amide bonds. The second-order valence-electron chi connectivity index (χ2n) is 4.96. The van der Waals surface area contributed by atoms with Gasteiger partial charge in [0.1, 0.15) is 0 Å². The molecule has 3 atom stereocenters. The van der Waals surface area contributed by atoms with E-state index >= 15 is 0 Å². The molecule has 0 bridgehead atoms. The number of ether oxygens (including phenoxy) is 1. The highest BCUT2D eigenvalue weighted by Gasteiger charge is 2.38. The van der Waals surface area contributed by atoms with E-state index in [1.165, 1.54) is 0 Å². The van der Waals surface area contributed by atoms with Crippen molar-refractivity contribution in [2.45, 2.75) is 39.2 Å². The van der Waals surface area contributed by atoms with E-state index in [9.17, 15) is 19.5 Å². The first-order chi connectivity index (χ1) is 9.88. The molecule has 0 radical (unpaired) electrons.